The molecule has 340 valence electrons. The van der Waals surface area contributed by atoms with Gasteiger partial charge in [-0.15, -0.1) is 0 Å². The molecule has 0 spiro atoms. The zero-order chi connectivity index (χ0) is 46.0. The van der Waals surface area contributed by atoms with Gasteiger partial charge < -0.3 is 37.6 Å². The van der Waals surface area contributed by atoms with Gasteiger partial charge in [0.2, 0.25) is 0 Å². The predicted molar refractivity (Wildman–Crippen MR) is 224 cm³/mol. The standard InChI is InChI=1S/C46H66O15/c1-13-14-15-16-17-27(2)20-29(4)22-36(25-54-30(5)47)21-28(3)18-19-40(58-34(9)51)46(11,12)41-24-38(56-32(7)49)42(45(53)61-41)44-43(59-35(10)52)39(57-33(8)50)23-37(60-44)26-55-31(6)48/h18-19,21-22,24,27,36-37,39-40,43-44H,13-17,20,23,25-26H2,1-12H3/b19-18+,28-21+,29-22-/t27?,36?,37-,39-,40?,43+,44-/m1/s1. The lowest BCUT2D eigenvalue weighted by molar-refractivity contribution is -0.215. The SMILES string of the molecule is CCCCCCC(C)C/C(C)=C\C(/C=C(C)/C=C/C(OC(C)=O)C(C)(C)c1cc(OC(C)=O)c([C@H]2O[C@@H](COC(C)=O)C[C@@H](OC(C)=O)[C@@H]2OC(C)=O)c(=O)o1)COC(C)=O. The van der Waals surface area contributed by atoms with Gasteiger partial charge in [0.25, 0.3) is 0 Å². The van der Waals surface area contributed by atoms with Crippen LogP contribution in [-0.2, 0) is 62.6 Å². The molecule has 61 heavy (non-hydrogen) atoms. The summed E-state index contributed by atoms with van der Waals surface area (Å²) in [4.78, 5) is 87.1. The van der Waals surface area contributed by atoms with Crippen LogP contribution in [0, 0.1) is 11.8 Å². The first-order chi connectivity index (χ1) is 28.5. The smallest absolute Gasteiger partial charge is 0.345 e. The summed E-state index contributed by atoms with van der Waals surface area (Å²) in [5.41, 5.74) is -0.802. The molecule has 0 radical (unpaired) electrons. The largest absolute Gasteiger partial charge is 0.465 e. The number of carbonyl (C=O) groups is 6. The van der Waals surface area contributed by atoms with Crippen molar-refractivity contribution in [3.8, 4) is 5.75 Å². The van der Waals surface area contributed by atoms with Crippen molar-refractivity contribution >= 4 is 35.8 Å². The summed E-state index contributed by atoms with van der Waals surface area (Å²) >= 11 is 0. The zero-order valence-electron chi connectivity index (χ0n) is 37.9. The number of rotatable bonds is 22. The molecule has 0 amide bonds. The maximum absolute atomic E-state index is 14.1. The van der Waals surface area contributed by atoms with E-state index in [1.165, 1.54) is 58.1 Å². The van der Waals surface area contributed by atoms with Gasteiger partial charge in [-0.05, 0) is 46.1 Å². The molecular weight excluding hydrogens is 792 g/mol. The summed E-state index contributed by atoms with van der Waals surface area (Å²) in [6.07, 6.45) is 8.07. The van der Waals surface area contributed by atoms with Gasteiger partial charge in [-0.25, -0.2) is 4.79 Å². The van der Waals surface area contributed by atoms with Crippen molar-refractivity contribution in [1.82, 2.24) is 0 Å². The first-order valence-corrected chi connectivity index (χ1v) is 20.9. The van der Waals surface area contributed by atoms with Gasteiger partial charge in [-0.3, -0.25) is 28.8 Å². The van der Waals surface area contributed by atoms with Gasteiger partial charge in [-0.2, -0.15) is 0 Å². The van der Waals surface area contributed by atoms with Crippen LogP contribution in [0.15, 0.2) is 50.7 Å². The van der Waals surface area contributed by atoms with Crippen molar-refractivity contribution in [2.45, 2.75) is 164 Å². The second-order valence-corrected chi connectivity index (χ2v) is 16.4. The molecule has 2 rings (SSSR count). The molecule has 2 heterocycles. The molecule has 1 fully saturated rings. The molecule has 15 heteroatoms. The van der Waals surface area contributed by atoms with Crippen molar-refractivity contribution < 1.29 is 66.3 Å². The van der Waals surface area contributed by atoms with Gasteiger partial charge in [0.05, 0.1) is 11.5 Å². The van der Waals surface area contributed by atoms with Gasteiger partial charge >= 0.3 is 41.4 Å². The van der Waals surface area contributed by atoms with Crippen LogP contribution in [0.25, 0.3) is 0 Å². The van der Waals surface area contributed by atoms with E-state index >= 15 is 0 Å². The van der Waals surface area contributed by atoms with Crippen molar-refractivity contribution in [3.63, 3.8) is 0 Å². The number of carbonyl (C=O) groups excluding carboxylic acids is 6. The molecule has 0 N–H and O–H groups in total. The number of allylic oxidation sites excluding steroid dienone is 3. The van der Waals surface area contributed by atoms with Crippen LogP contribution in [0.1, 0.15) is 145 Å². The van der Waals surface area contributed by atoms with E-state index < -0.39 is 77.4 Å². The van der Waals surface area contributed by atoms with Gasteiger partial charge in [0, 0.05) is 59.9 Å². The summed E-state index contributed by atoms with van der Waals surface area (Å²) in [7, 11) is 0. The summed E-state index contributed by atoms with van der Waals surface area (Å²) < 4.78 is 44.9. The van der Waals surface area contributed by atoms with Crippen molar-refractivity contribution in [3.05, 3.63) is 63.3 Å². The quantitative estimate of drug-likeness (QED) is 0.0362. The Balaban J connectivity index is 2.64. The lowest BCUT2D eigenvalue weighted by Gasteiger charge is -2.40. The Bertz CT molecular complexity index is 1830. The maximum Gasteiger partial charge on any atom is 0.345 e. The van der Waals surface area contributed by atoms with Crippen LogP contribution in [0.3, 0.4) is 0 Å². The molecule has 1 saturated heterocycles. The van der Waals surface area contributed by atoms with E-state index in [0.29, 0.717) is 5.92 Å². The topological polar surface area (TPSA) is 197 Å². The van der Waals surface area contributed by atoms with Crippen LogP contribution >= 0.6 is 0 Å². The van der Waals surface area contributed by atoms with Gasteiger partial charge in [-0.1, -0.05) is 75.3 Å². The molecule has 0 saturated carbocycles. The van der Waals surface area contributed by atoms with Crippen LogP contribution in [0.2, 0.25) is 0 Å². The molecule has 15 nitrogen and oxygen atoms in total. The van der Waals surface area contributed by atoms with Crippen molar-refractivity contribution in [1.29, 1.82) is 0 Å². The average molecular weight is 859 g/mol. The highest BCUT2D eigenvalue weighted by molar-refractivity contribution is 5.70. The number of unbranched alkanes of at least 4 members (excludes halogenated alkanes) is 3. The minimum Gasteiger partial charge on any atom is -0.465 e. The highest BCUT2D eigenvalue weighted by Gasteiger charge is 2.47. The second-order valence-electron chi connectivity index (χ2n) is 16.4. The third kappa shape index (κ3) is 18.2. The minimum absolute atomic E-state index is 0.0574. The van der Waals surface area contributed by atoms with Crippen molar-refractivity contribution in [2.75, 3.05) is 13.2 Å². The van der Waals surface area contributed by atoms with Crippen molar-refractivity contribution in [2.24, 2.45) is 11.8 Å². The first kappa shape index (κ1) is 52.1. The fourth-order valence-electron chi connectivity index (χ4n) is 7.17. The van der Waals surface area contributed by atoms with E-state index in [-0.39, 0.29) is 42.6 Å². The zero-order valence-corrected chi connectivity index (χ0v) is 37.9. The second kappa shape index (κ2) is 25.0. The van der Waals surface area contributed by atoms with Gasteiger partial charge in [0.1, 0.15) is 48.6 Å². The third-order valence-corrected chi connectivity index (χ3v) is 9.93. The monoisotopic (exact) mass is 858 g/mol. The summed E-state index contributed by atoms with van der Waals surface area (Å²) in [5.74, 6) is -4.12. The molecule has 1 aliphatic rings. The summed E-state index contributed by atoms with van der Waals surface area (Å²) in [6.45, 7) is 18.6. The van der Waals surface area contributed by atoms with Crippen LogP contribution < -0.4 is 10.4 Å². The predicted octanol–water partition coefficient (Wildman–Crippen LogP) is 7.66. The van der Waals surface area contributed by atoms with E-state index in [9.17, 15) is 33.6 Å². The lowest BCUT2D eigenvalue weighted by atomic mass is 9.82. The maximum atomic E-state index is 14.1. The van der Waals surface area contributed by atoms with E-state index in [1.807, 2.05) is 13.0 Å². The number of ether oxygens (including phenoxy) is 7. The van der Waals surface area contributed by atoms with Crippen LogP contribution in [0.5, 0.6) is 5.75 Å². The Morgan fingerprint density at radius 1 is 0.836 bits per heavy atom. The third-order valence-electron chi connectivity index (χ3n) is 9.93. The fourth-order valence-corrected chi connectivity index (χ4v) is 7.17. The highest BCUT2D eigenvalue weighted by Crippen LogP contribution is 2.41. The molecular formula is C46H66O15. The molecule has 0 aliphatic carbocycles. The normalized spacial score (nSPS) is 19.9. The lowest BCUT2D eigenvalue weighted by Crippen LogP contribution is -2.50. The molecule has 1 aliphatic heterocycles. The Morgan fingerprint density at radius 2 is 1.49 bits per heavy atom. The average Bonchev–Trinajstić information content (AvgIpc) is 3.13. The Hall–Kier alpha value is -5.05. The number of hydrogen-bond acceptors (Lipinski definition) is 15. The van der Waals surface area contributed by atoms with E-state index in [2.05, 4.69) is 26.8 Å². The fraction of sp³-hybridized carbons (Fsp3) is 0.630. The van der Waals surface area contributed by atoms with Gasteiger partial charge in [0.15, 0.2) is 6.10 Å². The van der Waals surface area contributed by atoms with E-state index in [4.69, 9.17) is 37.6 Å². The Kier molecular flexibility index (Phi) is 21.4. The molecule has 0 bridgehead atoms. The molecule has 1 aromatic rings. The summed E-state index contributed by atoms with van der Waals surface area (Å²) in [6, 6.07) is 1.28. The number of hydrogen-bond donors (Lipinski definition) is 0. The molecule has 1 aromatic heterocycles. The number of esters is 6. The molecule has 3 unspecified atom stereocenters. The molecule has 7 atom stereocenters. The van der Waals surface area contributed by atoms with Crippen LogP contribution in [-0.4, -0.2) is 73.4 Å². The Morgan fingerprint density at radius 3 is 2.07 bits per heavy atom. The van der Waals surface area contributed by atoms with E-state index in [1.54, 1.807) is 26.0 Å². The van der Waals surface area contributed by atoms with Crippen LogP contribution in [0.4, 0.5) is 0 Å². The highest BCUT2D eigenvalue weighted by atomic mass is 16.6. The van der Waals surface area contributed by atoms with E-state index in [0.717, 1.165) is 39.2 Å². The summed E-state index contributed by atoms with van der Waals surface area (Å²) in [5, 5.41) is 0. The Labute approximate surface area is 359 Å². The molecule has 0 aromatic carbocycles. The first-order valence-electron chi connectivity index (χ1n) is 20.9. The minimum atomic E-state index is -1.53.